The van der Waals surface area contributed by atoms with Gasteiger partial charge in [0.1, 0.15) is 5.82 Å². The van der Waals surface area contributed by atoms with Crippen LogP contribution in [0.4, 0.5) is 11.8 Å². The van der Waals surface area contributed by atoms with Gasteiger partial charge in [-0.3, -0.25) is 0 Å². The molecule has 0 saturated carbocycles. The fraction of sp³-hybridized carbons (Fsp3) is 0.526. The Hall–Kier alpha value is -2.21. The molecule has 132 valence electrons. The van der Waals surface area contributed by atoms with Gasteiger partial charge in [0.2, 0.25) is 5.95 Å². The first-order valence-corrected chi connectivity index (χ1v) is 9.34. The van der Waals surface area contributed by atoms with Gasteiger partial charge in [0.15, 0.2) is 0 Å². The van der Waals surface area contributed by atoms with Gasteiger partial charge in [-0.1, -0.05) is 6.07 Å². The topological polar surface area (TPSA) is 57.2 Å². The largest absolute Gasteiger partial charge is 0.357 e. The molecule has 0 aromatic carbocycles. The van der Waals surface area contributed by atoms with Crippen LogP contribution in [0.1, 0.15) is 31.2 Å². The van der Waals surface area contributed by atoms with Crippen LogP contribution in [-0.2, 0) is 6.54 Å². The Morgan fingerprint density at radius 2 is 1.68 bits per heavy atom. The number of hydrogen-bond donors (Lipinski definition) is 1. The molecule has 0 bridgehead atoms. The van der Waals surface area contributed by atoms with Crippen LogP contribution < -0.4 is 15.1 Å². The van der Waals surface area contributed by atoms with E-state index in [1.165, 1.54) is 12.8 Å². The summed E-state index contributed by atoms with van der Waals surface area (Å²) in [7, 11) is 0. The predicted octanol–water partition coefficient (Wildman–Crippen LogP) is 2.23. The second kappa shape index (κ2) is 7.78. The van der Waals surface area contributed by atoms with Gasteiger partial charge in [0, 0.05) is 62.9 Å². The minimum Gasteiger partial charge on any atom is -0.357 e. The van der Waals surface area contributed by atoms with E-state index in [-0.39, 0.29) is 0 Å². The monoisotopic (exact) mass is 338 g/mol. The Balaban J connectivity index is 1.24. The molecule has 0 amide bonds. The fourth-order valence-electron chi connectivity index (χ4n) is 3.64. The molecule has 25 heavy (non-hydrogen) atoms. The van der Waals surface area contributed by atoms with Crippen molar-refractivity contribution in [1.29, 1.82) is 0 Å². The highest BCUT2D eigenvalue weighted by molar-refractivity contribution is 5.38. The third kappa shape index (κ3) is 4.07. The summed E-state index contributed by atoms with van der Waals surface area (Å²) in [5.41, 5.74) is 1.16. The predicted molar refractivity (Wildman–Crippen MR) is 99.8 cm³/mol. The van der Waals surface area contributed by atoms with Crippen molar-refractivity contribution in [3.63, 3.8) is 0 Å². The first kappa shape index (κ1) is 16.3. The van der Waals surface area contributed by atoms with Crippen LogP contribution in [0.25, 0.3) is 0 Å². The summed E-state index contributed by atoms with van der Waals surface area (Å²) in [6.45, 7) is 5.13. The van der Waals surface area contributed by atoms with E-state index in [0.717, 1.165) is 62.9 Å². The highest BCUT2D eigenvalue weighted by Gasteiger charge is 2.20. The first-order valence-electron chi connectivity index (χ1n) is 9.34. The lowest BCUT2D eigenvalue weighted by Crippen LogP contribution is -2.42. The molecule has 0 radical (unpaired) electrons. The molecule has 4 heterocycles. The lowest BCUT2D eigenvalue weighted by Gasteiger charge is -2.33. The zero-order valence-electron chi connectivity index (χ0n) is 14.6. The van der Waals surface area contributed by atoms with Gasteiger partial charge in [0.25, 0.3) is 0 Å². The van der Waals surface area contributed by atoms with Crippen molar-refractivity contribution < 1.29 is 0 Å². The summed E-state index contributed by atoms with van der Waals surface area (Å²) in [6, 6.07) is 6.67. The minimum atomic E-state index is 0.554. The van der Waals surface area contributed by atoms with Gasteiger partial charge in [-0.25, -0.2) is 15.0 Å². The quantitative estimate of drug-likeness (QED) is 0.902. The average Bonchev–Trinajstić information content (AvgIpc) is 3.23. The Kier molecular flexibility index (Phi) is 5.06. The zero-order chi connectivity index (χ0) is 16.9. The van der Waals surface area contributed by atoms with E-state index in [9.17, 15) is 0 Å². The van der Waals surface area contributed by atoms with Crippen molar-refractivity contribution in [2.24, 2.45) is 0 Å². The van der Waals surface area contributed by atoms with Crippen molar-refractivity contribution in [3.8, 4) is 0 Å². The molecule has 6 heteroatoms. The third-order valence-electron chi connectivity index (χ3n) is 5.14. The van der Waals surface area contributed by atoms with Gasteiger partial charge in [-0.05, 0) is 37.8 Å². The second-order valence-corrected chi connectivity index (χ2v) is 6.92. The van der Waals surface area contributed by atoms with Crippen LogP contribution >= 0.6 is 0 Å². The molecule has 6 nitrogen and oxygen atoms in total. The molecule has 0 spiro atoms. The molecule has 2 aliphatic rings. The van der Waals surface area contributed by atoms with Crippen molar-refractivity contribution in [2.45, 2.75) is 38.3 Å². The molecular weight excluding hydrogens is 312 g/mol. The fourth-order valence-corrected chi connectivity index (χ4v) is 3.64. The second-order valence-electron chi connectivity index (χ2n) is 6.92. The van der Waals surface area contributed by atoms with Gasteiger partial charge >= 0.3 is 0 Å². The Labute approximate surface area is 149 Å². The number of rotatable bonds is 5. The van der Waals surface area contributed by atoms with E-state index in [2.05, 4.69) is 42.2 Å². The van der Waals surface area contributed by atoms with Crippen molar-refractivity contribution in [2.75, 3.05) is 36.0 Å². The molecule has 2 aromatic heterocycles. The Morgan fingerprint density at radius 1 is 0.920 bits per heavy atom. The molecule has 0 unspecified atom stereocenters. The zero-order valence-corrected chi connectivity index (χ0v) is 14.6. The summed E-state index contributed by atoms with van der Waals surface area (Å²) in [4.78, 5) is 18.2. The normalized spacial score (nSPS) is 18.7. The maximum Gasteiger partial charge on any atom is 0.225 e. The highest BCUT2D eigenvalue weighted by Crippen LogP contribution is 2.18. The van der Waals surface area contributed by atoms with Crippen molar-refractivity contribution in [1.82, 2.24) is 20.3 Å². The summed E-state index contributed by atoms with van der Waals surface area (Å²) in [6.07, 6.45) is 10.6. The summed E-state index contributed by atoms with van der Waals surface area (Å²) < 4.78 is 0. The Morgan fingerprint density at radius 3 is 2.36 bits per heavy atom. The molecule has 1 N–H and O–H groups in total. The lowest BCUT2D eigenvalue weighted by atomic mass is 10.0. The van der Waals surface area contributed by atoms with Crippen LogP contribution in [0.2, 0.25) is 0 Å². The molecule has 0 aliphatic carbocycles. The van der Waals surface area contributed by atoms with E-state index in [0.29, 0.717) is 6.04 Å². The maximum atomic E-state index is 4.53. The number of piperidine rings is 1. The van der Waals surface area contributed by atoms with Crippen molar-refractivity contribution in [3.05, 3.63) is 42.4 Å². The average molecular weight is 338 g/mol. The number of nitrogens with zero attached hydrogens (tertiary/aromatic N) is 5. The smallest absolute Gasteiger partial charge is 0.225 e. The van der Waals surface area contributed by atoms with Gasteiger partial charge in [-0.15, -0.1) is 0 Å². The third-order valence-corrected chi connectivity index (χ3v) is 5.14. The summed E-state index contributed by atoms with van der Waals surface area (Å²) in [5, 5.41) is 3.66. The standard InChI is InChI=1S/C19H26N6/c1-2-8-20-18(5-1)24-11-6-17(7-12-24)21-13-16-14-22-19(23-15-16)25-9-3-4-10-25/h1-2,5,8,14-15,17,21H,3-4,6-7,9-13H2. The molecule has 2 saturated heterocycles. The molecule has 2 aliphatic heterocycles. The van der Waals surface area contributed by atoms with Crippen LogP contribution in [0, 0.1) is 0 Å². The van der Waals surface area contributed by atoms with E-state index in [1.807, 2.05) is 24.7 Å². The molecular formula is C19H26N6. The molecule has 2 aromatic rings. The summed E-state index contributed by atoms with van der Waals surface area (Å²) in [5.74, 6) is 1.97. The number of pyridine rings is 1. The van der Waals surface area contributed by atoms with Crippen molar-refractivity contribution >= 4 is 11.8 Å². The Bertz CT molecular complexity index is 645. The number of hydrogen-bond acceptors (Lipinski definition) is 6. The van der Waals surface area contributed by atoms with E-state index in [1.54, 1.807) is 0 Å². The van der Waals surface area contributed by atoms with Crippen LogP contribution in [-0.4, -0.2) is 47.2 Å². The first-order chi connectivity index (χ1) is 12.4. The highest BCUT2D eigenvalue weighted by atomic mass is 15.3. The molecule has 4 rings (SSSR count). The number of aromatic nitrogens is 3. The van der Waals surface area contributed by atoms with E-state index in [4.69, 9.17) is 0 Å². The number of anilines is 2. The van der Waals surface area contributed by atoms with Crippen LogP contribution in [0.3, 0.4) is 0 Å². The van der Waals surface area contributed by atoms with Gasteiger partial charge in [0.05, 0.1) is 0 Å². The molecule has 0 atom stereocenters. The summed E-state index contributed by atoms with van der Waals surface area (Å²) >= 11 is 0. The van der Waals surface area contributed by atoms with Crippen LogP contribution in [0.5, 0.6) is 0 Å². The van der Waals surface area contributed by atoms with E-state index >= 15 is 0 Å². The number of nitrogens with one attached hydrogen (secondary N) is 1. The SMILES string of the molecule is c1ccc(N2CCC(NCc3cnc(N4CCCC4)nc3)CC2)nc1. The molecule has 2 fully saturated rings. The van der Waals surface area contributed by atoms with Gasteiger partial charge < -0.3 is 15.1 Å². The van der Waals surface area contributed by atoms with Gasteiger partial charge in [-0.2, -0.15) is 0 Å². The minimum absolute atomic E-state index is 0.554. The lowest BCUT2D eigenvalue weighted by molar-refractivity contribution is 0.412. The maximum absolute atomic E-state index is 4.53. The van der Waals surface area contributed by atoms with E-state index < -0.39 is 0 Å². The van der Waals surface area contributed by atoms with Crippen LogP contribution in [0.15, 0.2) is 36.8 Å².